The average molecular weight is 240 g/mol. The van der Waals surface area contributed by atoms with E-state index in [9.17, 15) is 5.11 Å². The van der Waals surface area contributed by atoms with E-state index in [1.807, 2.05) is 20.8 Å². The maximum absolute atomic E-state index is 10.1. The first-order valence-corrected chi connectivity index (χ1v) is 6.72. The van der Waals surface area contributed by atoms with E-state index in [1.54, 1.807) is 11.3 Å². The van der Waals surface area contributed by atoms with Crippen LogP contribution in [0.1, 0.15) is 37.4 Å². The van der Waals surface area contributed by atoms with E-state index in [1.165, 1.54) is 6.42 Å². The minimum Gasteiger partial charge on any atom is -0.389 e. The van der Waals surface area contributed by atoms with Crippen LogP contribution < -0.4 is 0 Å². The molecule has 1 unspecified atom stereocenters. The molecule has 1 saturated heterocycles. The van der Waals surface area contributed by atoms with Crippen molar-refractivity contribution in [3.63, 3.8) is 0 Å². The van der Waals surface area contributed by atoms with Gasteiger partial charge in [0.1, 0.15) is 0 Å². The maximum Gasteiger partial charge on any atom is 0.0897 e. The lowest BCUT2D eigenvalue weighted by Gasteiger charge is -2.33. The molecular weight excluding hydrogens is 220 g/mol. The average Bonchev–Trinajstić information content (AvgIpc) is 2.74. The Bertz CT molecular complexity index is 356. The molecular formula is C12H20N2OS. The van der Waals surface area contributed by atoms with Crippen LogP contribution in [0.15, 0.2) is 5.38 Å². The highest BCUT2D eigenvalue weighted by Crippen LogP contribution is 2.28. The van der Waals surface area contributed by atoms with Crippen molar-refractivity contribution >= 4 is 11.3 Å². The van der Waals surface area contributed by atoms with Crippen LogP contribution in [0.5, 0.6) is 0 Å². The fraction of sp³-hybridized carbons (Fsp3) is 0.750. The van der Waals surface area contributed by atoms with E-state index in [4.69, 9.17) is 0 Å². The van der Waals surface area contributed by atoms with Gasteiger partial charge < -0.3 is 5.11 Å². The summed E-state index contributed by atoms with van der Waals surface area (Å²) in [5, 5.41) is 13.4. The van der Waals surface area contributed by atoms with Crippen LogP contribution in [0.2, 0.25) is 0 Å². The second kappa shape index (κ2) is 4.43. The van der Waals surface area contributed by atoms with Gasteiger partial charge in [-0.2, -0.15) is 0 Å². The van der Waals surface area contributed by atoms with Crippen molar-refractivity contribution < 1.29 is 5.11 Å². The number of aryl methyl sites for hydroxylation is 1. The lowest BCUT2D eigenvalue weighted by atomic mass is 9.96. The van der Waals surface area contributed by atoms with Crippen LogP contribution in [-0.4, -0.2) is 33.2 Å². The zero-order chi connectivity index (χ0) is 11.8. The molecule has 0 aromatic carbocycles. The normalized spacial score (nSPS) is 22.9. The highest BCUT2D eigenvalue weighted by atomic mass is 32.1. The van der Waals surface area contributed by atoms with E-state index in [0.717, 1.165) is 30.2 Å². The van der Waals surface area contributed by atoms with Crippen LogP contribution in [-0.2, 0) is 6.54 Å². The van der Waals surface area contributed by atoms with Gasteiger partial charge in [0, 0.05) is 18.0 Å². The fourth-order valence-corrected chi connectivity index (χ4v) is 3.11. The Labute approximate surface area is 101 Å². The van der Waals surface area contributed by atoms with Crippen molar-refractivity contribution in [2.24, 2.45) is 0 Å². The second-order valence-electron chi connectivity index (χ2n) is 5.14. The van der Waals surface area contributed by atoms with Crippen molar-refractivity contribution in [1.29, 1.82) is 0 Å². The highest BCUT2D eigenvalue weighted by Gasteiger charge is 2.35. The van der Waals surface area contributed by atoms with Gasteiger partial charge in [0.05, 0.1) is 16.3 Å². The Kier molecular flexibility index (Phi) is 3.33. The Balaban J connectivity index is 2.04. The molecule has 1 N–H and O–H groups in total. The van der Waals surface area contributed by atoms with E-state index in [-0.39, 0.29) is 6.04 Å². The van der Waals surface area contributed by atoms with Gasteiger partial charge >= 0.3 is 0 Å². The molecule has 0 amide bonds. The lowest BCUT2D eigenvalue weighted by molar-refractivity contribution is -0.00531. The fourth-order valence-electron chi connectivity index (χ4n) is 2.50. The second-order valence-corrected chi connectivity index (χ2v) is 6.20. The number of rotatable bonds is 3. The molecule has 3 nitrogen and oxygen atoms in total. The van der Waals surface area contributed by atoms with Crippen LogP contribution in [0.4, 0.5) is 0 Å². The predicted molar refractivity (Wildman–Crippen MR) is 66.6 cm³/mol. The monoisotopic (exact) mass is 240 g/mol. The van der Waals surface area contributed by atoms with Crippen molar-refractivity contribution in [2.75, 3.05) is 6.54 Å². The minimum absolute atomic E-state index is 0.273. The molecule has 0 spiro atoms. The van der Waals surface area contributed by atoms with Crippen molar-refractivity contribution in [3.05, 3.63) is 16.1 Å². The molecule has 0 bridgehead atoms. The quantitative estimate of drug-likeness (QED) is 0.880. The van der Waals surface area contributed by atoms with Crippen LogP contribution in [0.25, 0.3) is 0 Å². The summed E-state index contributed by atoms with van der Waals surface area (Å²) in [6, 6.07) is 0.273. The zero-order valence-electron chi connectivity index (χ0n) is 10.2. The summed E-state index contributed by atoms with van der Waals surface area (Å²) >= 11 is 1.70. The zero-order valence-corrected chi connectivity index (χ0v) is 11.0. The molecule has 0 aliphatic carbocycles. The molecule has 1 atom stereocenters. The summed E-state index contributed by atoms with van der Waals surface area (Å²) < 4.78 is 0. The molecule has 0 radical (unpaired) electrons. The Morgan fingerprint density at radius 1 is 1.62 bits per heavy atom. The van der Waals surface area contributed by atoms with E-state index < -0.39 is 5.60 Å². The van der Waals surface area contributed by atoms with Crippen LogP contribution in [0, 0.1) is 6.92 Å². The largest absolute Gasteiger partial charge is 0.389 e. The first-order chi connectivity index (χ1) is 7.47. The van der Waals surface area contributed by atoms with Crippen LogP contribution in [0.3, 0.4) is 0 Å². The van der Waals surface area contributed by atoms with Crippen molar-refractivity contribution in [2.45, 2.75) is 51.8 Å². The maximum atomic E-state index is 10.1. The molecule has 4 heteroatoms. The summed E-state index contributed by atoms with van der Waals surface area (Å²) in [6.07, 6.45) is 2.27. The Hall–Kier alpha value is -0.450. The molecule has 0 saturated carbocycles. The first kappa shape index (κ1) is 12.0. The van der Waals surface area contributed by atoms with Gasteiger partial charge in [-0.25, -0.2) is 4.98 Å². The Morgan fingerprint density at radius 3 is 2.94 bits per heavy atom. The number of hydrogen-bond acceptors (Lipinski definition) is 4. The summed E-state index contributed by atoms with van der Waals surface area (Å²) in [4.78, 5) is 6.84. The van der Waals surface area contributed by atoms with Gasteiger partial charge in [-0.15, -0.1) is 11.3 Å². The standard InChI is InChI=1S/C12H20N2OS/c1-9-13-10(8-16-9)7-14-6-4-5-11(14)12(2,3)15/h8,11,15H,4-7H2,1-3H3. The molecule has 1 fully saturated rings. The first-order valence-electron chi connectivity index (χ1n) is 5.84. The molecule has 2 heterocycles. The van der Waals surface area contributed by atoms with Gasteiger partial charge in [0.15, 0.2) is 0 Å². The van der Waals surface area contributed by atoms with Gasteiger partial charge in [-0.05, 0) is 40.2 Å². The molecule has 90 valence electrons. The molecule has 1 aromatic rings. The molecule has 16 heavy (non-hydrogen) atoms. The number of aliphatic hydroxyl groups is 1. The van der Waals surface area contributed by atoms with Gasteiger partial charge in [0.25, 0.3) is 0 Å². The number of thiazole rings is 1. The van der Waals surface area contributed by atoms with E-state index >= 15 is 0 Å². The molecule has 1 aliphatic heterocycles. The molecule has 2 rings (SSSR count). The summed E-state index contributed by atoms with van der Waals surface area (Å²) in [6.45, 7) is 7.79. The number of likely N-dealkylation sites (tertiary alicyclic amines) is 1. The number of hydrogen-bond donors (Lipinski definition) is 1. The van der Waals surface area contributed by atoms with Crippen molar-refractivity contribution in [1.82, 2.24) is 9.88 Å². The van der Waals surface area contributed by atoms with Crippen LogP contribution >= 0.6 is 11.3 Å². The third-order valence-electron chi connectivity index (χ3n) is 3.21. The minimum atomic E-state index is -0.610. The SMILES string of the molecule is Cc1nc(CN2CCCC2C(C)(C)O)cs1. The summed E-state index contributed by atoms with van der Waals surface area (Å²) in [5.41, 5.74) is 0.528. The summed E-state index contributed by atoms with van der Waals surface area (Å²) in [5.74, 6) is 0. The highest BCUT2D eigenvalue weighted by molar-refractivity contribution is 7.09. The smallest absolute Gasteiger partial charge is 0.0897 e. The van der Waals surface area contributed by atoms with E-state index in [0.29, 0.717) is 0 Å². The van der Waals surface area contributed by atoms with Gasteiger partial charge in [0.2, 0.25) is 0 Å². The van der Waals surface area contributed by atoms with E-state index in [2.05, 4.69) is 15.3 Å². The third kappa shape index (κ3) is 2.62. The topological polar surface area (TPSA) is 36.4 Å². The third-order valence-corrected chi connectivity index (χ3v) is 4.03. The van der Waals surface area contributed by atoms with Gasteiger partial charge in [-0.3, -0.25) is 4.90 Å². The number of nitrogens with zero attached hydrogens (tertiary/aromatic N) is 2. The van der Waals surface area contributed by atoms with Crippen molar-refractivity contribution in [3.8, 4) is 0 Å². The number of aromatic nitrogens is 1. The lowest BCUT2D eigenvalue weighted by Crippen LogP contribution is -2.45. The molecule has 1 aromatic heterocycles. The Morgan fingerprint density at radius 2 is 2.38 bits per heavy atom. The predicted octanol–water partition coefficient (Wildman–Crippen LogP) is 2.19. The molecule has 1 aliphatic rings. The summed E-state index contributed by atoms with van der Waals surface area (Å²) in [7, 11) is 0. The van der Waals surface area contributed by atoms with Gasteiger partial charge in [-0.1, -0.05) is 0 Å².